The first-order chi connectivity index (χ1) is 15.1. The lowest BCUT2D eigenvalue weighted by molar-refractivity contribution is 0.0617. The van der Waals surface area contributed by atoms with Crippen LogP contribution < -0.4 is 10.1 Å². The van der Waals surface area contributed by atoms with Gasteiger partial charge in [-0.3, -0.25) is 4.79 Å². The lowest BCUT2D eigenvalue weighted by atomic mass is 9.80. The zero-order valence-electron chi connectivity index (χ0n) is 19.0. The van der Waals surface area contributed by atoms with Gasteiger partial charge in [0.1, 0.15) is 11.4 Å². The summed E-state index contributed by atoms with van der Waals surface area (Å²) >= 11 is 0. The second-order valence-electron chi connectivity index (χ2n) is 8.67. The Balaban J connectivity index is 1.69. The van der Waals surface area contributed by atoms with Gasteiger partial charge in [-0.15, -0.1) is 0 Å². The van der Waals surface area contributed by atoms with Crippen LogP contribution in [0.15, 0.2) is 54.6 Å². The molecular formula is C27H34N2O2. The number of nitrogens with zero attached hydrogens (tertiary/aromatic N) is 1. The van der Waals surface area contributed by atoms with Crippen molar-refractivity contribution in [1.82, 2.24) is 10.2 Å². The number of ether oxygens (including phenoxy) is 1. The van der Waals surface area contributed by atoms with Crippen LogP contribution in [0, 0.1) is 0 Å². The van der Waals surface area contributed by atoms with Crippen LogP contribution >= 0.6 is 0 Å². The van der Waals surface area contributed by atoms with Crippen molar-refractivity contribution in [3.63, 3.8) is 0 Å². The Bertz CT molecular complexity index is 944. The zero-order chi connectivity index (χ0) is 21.8. The topological polar surface area (TPSA) is 41.6 Å². The molecule has 1 fully saturated rings. The van der Waals surface area contributed by atoms with Crippen LogP contribution in [-0.2, 0) is 0 Å². The number of fused-ring (bicyclic) bond motifs is 1. The van der Waals surface area contributed by atoms with Crippen molar-refractivity contribution in [1.29, 1.82) is 0 Å². The molecule has 0 radical (unpaired) electrons. The summed E-state index contributed by atoms with van der Waals surface area (Å²) in [6.45, 7) is 8.69. The molecule has 1 saturated heterocycles. The van der Waals surface area contributed by atoms with Gasteiger partial charge in [-0.05, 0) is 62.2 Å². The molecule has 0 aliphatic carbocycles. The number of hydrogen-bond donors (Lipinski definition) is 1. The van der Waals surface area contributed by atoms with E-state index in [1.54, 1.807) is 0 Å². The van der Waals surface area contributed by atoms with E-state index in [4.69, 9.17) is 4.74 Å². The van der Waals surface area contributed by atoms with Gasteiger partial charge in [0.05, 0.1) is 0 Å². The fraction of sp³-hybridized carbons (Fsp3) is 0.444. The number of rotatable bonds is 6. The minimum atomic E-state index is -0.273. The maximum atomic E-state index is 12.7. The lowest BCUT2D eigenvalue weighted by Crippen LogP contribution is -2.51. The normalized spacial score (nSPS) is 22.4. The van der Waals surface area contributed by atoms with Gasteiger partial charge in [-0.25, -0.2) is 0 Å². The second kappa shape index (κ2) is 9.27. The van der Waals surface area contributed by atoms with E-state index in [1.165, 1.54) is 12.0 Å². The molecule has 2 atom stereocenters. The molecule has 2 unspecified atom stereocenters. The van der Waals surface area contributed by atoms with E-state index in [0.717, 1.165) is 61.3 Å². The molecule has 0 bridgehead atoms. The standard InChI is InChI=1S/C27H34N2O2/c1-4-9-22-18-27(16-17-28-22)19-24(23-10-7-8-11-25(23)31-27)20-12-14-21(15-13-20)26(30)29(5-2)6-3/h7-8,10-15,19,22,28H,4-6,9,16-18H2,1-3H3. The summed E-state index contributed by atoms with van der Waals surface area (Å²) in [6, 6.07) is 16.9. The second-order valence-corrected chi connectivity index (χ2v) is 8.67. The van der Waals surface area contributed by atoms with Crippen molar-refractivity contribution in [2.45, 2.75) is 58.1 Å². The highest BCUT2D eigenvalue weighted by atomic mass is 16.5. The van der Waals surface area contributed by atoms with Crippen molar-refractivity contribution in [2.75, 3.05) is 19.6 Å². The zero-order valence-corrected chi connectivity index (χ0v) is 19.0. The van der Waals surface area contributed by atoms with Crippen LogP contribution in [0.5, 0.6) is 5.75 Å². The summed E-state index contributed by atoms with van der Waals surface area (Å²) in [7, 11) is 0. The predicted molar refractivity (Wildman–Crippen MR) is 127 cm³/mol. The van der Waals surface area contributed by atoms with Gasteiger partial charge in [0.15, 0.2) is 0 Å². The van der Waals surface area contributed by atoms with Crippen molar-refractivity contribution >= 4 is 11.5 Å². The highest BCUT2D eigenvalue weighted by Crippen LogP contribution is 2.43. The Labute approximate surface area is 186 Å². The number of para-hydroxylation sites is 1. The van der Waals surface area contributed by atoms with Crippen LogP contribution in [0.25, 0.3) is 5.57 Å². The molecule has 164 valence electrons. The maximum absolute atomic E-state index is 12.7. The Morgan fingerprint density at radius 1 is 1.10 bits per heavy atom. The number of amides is 1. The third-order valence-electron chi connectivity index (χ3n) is 6.60. The molecule has 2 aliphatic heterocycles. The van der Waals surface area contributed by atoms with Gasteiger partial charge >= 0.3 is 0 Å². The minimum Gasteiger partial charge on any atom is -0.482 e. The van der Waals surface area contributed by atoms with E-state index in [-0.39, 0.29) is 11.5 Å². The number of carbonyl (C=O) groups is 1. The van der Waals surface area contributed by atoms with Gasteiger partial charge < -0.3 is 15.0 Å². The molecule has 1 amide bonds. The fourth-order valence-corrected chi connectivity index (χ4v) is 4.95. The van der Waals surface area contributed by atoms with E-state index in [2.05, 4.69) is 48.6 Å². The van der Waals surface area contributed by atoms with Crippen molar-refractivity contribution < 1.29 is 9.53 Å². The average molecular weight is 419 g/mol. The Morgan fingerprint density at radius 2 is 1.84 bits per heavy atom. The molecule has 2 aromatic rings. The summed E-state index contributed by atoms with van der Waals surface area (Å²) < 4.78 is 6.63. The first-order valence-electron chi connectivity index (χ1n) is 11.7. The molecule has 0 saturated carbocycles. The van der Waals surface area contributed by atoms with Crippen LogP contribution in [0.4, 0.5) is 0 Å². The lowest BCUT2D eigenvalue weighted by Gasteiger charge is -2.43. The van der Waals surface area contributed by atoms with Gasteiger partial charge in [0, 0.05) is 43.1 Å². The van der Waals surface area contributed by atoms with Crippen molar-refractivity contribution in [3.05, 3.63) is 71.3 Å². The monoisotopic (exact) mass is 418 g/mol. The van der Waals surface area contributed by atoms with E-state index in [9.17, 15) is 4.79 Å². The quantitative estimate of drug-likeness (QED) is 0.694. The molecule has 2 heterocycles. The molecule has 1 spiro atoms. The molecule has 4 nitrogen and oxygen atoms in total. The SMILES string of the molecule is CCCC1CC2(C=C(c3ccc(C(=O)N(CC)CC)cc3)c3ccccc3O2)CCN1. The molecule has 0 aromatic heterocycles. The van der Waals surface area contributed by atoms with Gasteiger partial charge in [0.2, 0.25) is 0 Å². The summed E-state index contributed by atoms with van der Waals surface area (Å²) in [6.07, 6.45) is 6.63. The third kappa shape index (κ3) is 4.40. The predicted octanol–water partition coefficient (Wildman–Crippen LogP) is 5.28. The maximum Gasteiger partial charge on any atom is 0.253 e. The first-order valence-corrected chi connectivity index (χ1v) is 11.7. The highest BCUT2D eigenvalue weighted by Gasteiger charge is 2.40. The first kappa shape index (κ1) is 21.6. The number of piperidine rings is 1. The van der Waals surface area contributed by atoms with Gasteiger partial charge in [-0.2, -0.15) is 0 Å². The fourth-order valence-electron chi connectivity index (χ4n) is 4.95. The molecule has 2 aromatic carbocycles. The average Bonchev–Trinajstić information content (AvgIpc) is 2.80. The van der Waals surface area contributed by atoms with Gasteiger partial charge in [0.25, 0.3) is 5.91 Å². The van der Waals surface area contributed by atoms with E-state index >= 15 is 0 Å². The summed E-state index contributed by atoms with van der Waals surface area (Å²) in [5, 5.41) is 3.66. The van der Waals surface area contributed by atoms with Crippen molar-refractivity contribution in [2.24, 2.45) is 0 Å². The van der Waals surface area contributed by atoms with Crippen LogP contribution in [0.3, 0.4) is 0 Å². The van der Waals surface area contributed by atoms with Crippen molar-refractivity contribution in [3.8, 4) is 5.75 Å². The molecule has 1 N–H and O–H groups in total. The number of hydrogen-bond acceptors (Lipinski definition) is 3. The number of carbonyl (C=O) groups excluding carboxylic acids is 1. The van der Waals surface area contributed by atoms with E-state index < -0.39 is 0 Å². The molecule has 31 heavy (non-hydrogen) atoms. The smallest absolute Gasteiger partial charge is 0.253 e. The van der Waals surface area contributed by atoms with Crippen LogP contribution in [0.1, 0.15) is 67.9 Å². The Kier molecular flexibility index (Phi) is 6.47. The molecule has 2 aliphatic rings. The van der Waals surface area contributed by atoms with Crippen LogP contribution in [0.2, 0.25) is 0 Å². The molecule has 4 heteroatoms. The van der Waals surface area contributed by atoms with Gasteiger partial charge in [-0.1, -0.05) is 43.7 Å². The largest absolute Gasteiger partial charge is 0.482 e. The molecule has 4 rings (SSSR count). The van der Waals surface area contributed by atoms with E-state index in [1.807, 2.05) is 36.9 Å². The highest BCUT2D eigenvalue weighted by molar-refractivity contribution is 5.95. The molecular weight excluding hydrogens is 384 g/mol. The Morgan fingerprint density at radius 3 is 2.55 bits per heavy atom. The summed E-state index contributed by atoms with van der Waals surface area (Å²) in [5.74, 6) is 1.05. The number of nitrogens with one attached hydrogen (secondary N) is 1. The number of benzene rings is 2. The Hall–Kier alpha value is -2.59. The van der Waals surface area contributed by atoms with E-state index in [0.29, 0.717) is 6.04 Å². The third-order valence-corrected chi connectivity index (χ3v) is 6.60. The summed E-state index contributed by atoms with van der Waals surface area (Å²) in [5.41, 5.74) is 3.94. The minimum absolute atomic E-state index is 0.0927. The van der Waals surface area contributed by atoms with Crippen LogP contribution in [-0.4, -0.2) is 42.1 Å². The summed E-state index contributed by atoms with van der Waals surface area (Å²) in [4.78, 5) is 14.6.